The Morgan fingerprint density at radius 3 is 2.33 bits per heavy atom. The first-order chi connectivity index (χ1) is 11.6. The molecule has 0 unspecified atom stereocenters. The average Bonchev–Trinajstić information content (AvgIpc) is 2.61. The summed E-state index contributed by atoms with van der Waals surface area (Å²) in [7, 11) is 0. The predicted molar refractivity (Wildman–Crippen MR) is 87.7 cm³/mol. The fourth-order valence-corrected chi connectivity index (χ4v) is 2.08. The summed E-state index contributed by atoms with van der Waals surface area (Å²) in [5.74, 6) is 4.74. The number of phenols is 1. The van der Waals surface area contributed by atoms with Gasteiger partial charge in [0.1, 0.15) is 18.4 Å². The molecule has 2 aromatic carbocycles. The largest absolute Gasteiger partial charge is 0.508 e. The van der Waals surface area contributed by atoms with Crippen molar-refractivity contribution in [3.05, 3.63) is 65.7 Å². The van der Waals surface area contributed by atoms with Gasteiger partial charge >= 0.3 is 6.09 Å². The van der Waals surface area contributed by atoms with Crippen LogP contribution in [0.3, 0.4) is 0 Å². The molecule has 0 aliphatic carbocycles. The number of nitrogens with one attached hydrogen (secondary N) is 2. The maximum atomic E-state index is 11.9. The minimum Gasteiger partial charge on any atom is -0.508 e. The maximum absolute atomic E-state index is 11.9. The summed E-state index contributed by atoms with van der Waals surface area (Å²) in [6.45, 7) is 0.100. The number of hydrogen-bond acceptors (Lipinski definition) is 5. The van der Waals surface area contributed by atoms with Crippen molar-refractivity contribution in [1.29, 1.82) is 0 Å². The van der Waals surface area contributed by atoms with E-state index in [-0.39, 0.29) is 18.8 Å². The quantitative estimate of drug-likeness (QED) is 0.361. The van der Waals surface area contributed by atoms with Gasteiger partial charge in [-0.3, -0.25) is 10.2 Å². The molecular weight excluding hydrogens is 310 g/mol. The molecule has 0 aliphatic rings. The van der Waals surface area contributed by atoms with E-state index in [0.29, 0.717) is 0 Å². The summed E-state index contributed by atoms with van der Waals surface area (Å²) in [5.41, 5.74) is 3.61. The van der Waals surface area contributed by atoms with Crippen LogP contribution in [0.1, 0.15) is 11.1 Å². The highest BCUT2D eigenvalue weighted by Crippen LogP contribution is 2.11. The second-order valence-electron chi connectivity index (χ2n) is 5.14. The van der Waals surface area contributed by atoms with Crippen molar-refractivity contribution < 1.29 is 19.4 Å². The summed E-state index contributed by atoms with van der Waals surface area (Å²) in [6, 6.07) is 14.6. The molecule has 1 atom stereocenters. The van der Waals surface area contributed by atoms with Crippen molar-refractivity contribution in [2.75, 3.05) is 0 Å². The molecule has 5 N–H and O–H groups in total. The van der Waals surface area contributed by atoms with Gasteiger partial charge in [-0.05, 0) is 23.3 Å². The van der Waals surface area contributed by atoms with E-state index >= 15 is 0 Å². The van der Waals surface area contributed by atoms with Crippen LogP contribution in [0, 0.1) is 0 Å². The molecule has 0 bridgehead atoms. The van der Waals surface area contributed by atoms with Gasteiger partial charge < -0.3 is 15.2 Å². The molecule has 2 amide bonds. The molecule has 2 aromatic rings. The van der Waals surface area contributed by atoms with Gasteiger partial charge in [0.05, 0.1) is 0 Å². The maximum Gasteiger partial charge on any atom is 0.408 e. The molecule has 2 rings (SSSR count). The van der Waals surface area contributed by atoms with Crippen molar-refractivity contribution in [1.82, 2.24) is 10.7 Å². The van der Waals surface area contributed by atoms with Crippen LogP contribution in [0.15, 0.2) is 54.6 Å². The zero-order valence-electron chi connectivity index (χ0n) is 12.9. The predicted octanol–water partition coefficient (Wildman–Crippen LogP) is 1.22. The number of carbonyl (C=O) groups excluding carboxylic acids is 2. The van der Waals surface area contributed by atoms with E-state index in [0.717, 1.165) is 11.1 Å². The van der Waals surface area contributed by atoms with E-state index in [1.165, 1.54) is 12.1 Å². The molecule has 0 radical (unpaired) electrons. The van der Waals surface area contributed by atoms with Crippen LogP contribution >= 0.6 is 0 Å². The van der Waals surface area contributed by atoms with Crippen molar-refractivity contribution in [3.8, 4) is 5.75 Å². The van der Waals surface area contributed by atoms with E-state index in [4.69, 9.17) is 10.6 Å². The van der Waals surface area contributed by atoms with E-state index in [1.807, 2.05) is 35.8 Å². The summed E-state index contributed by atoms with van der Waals surface area (Å²) >= 11 is 0. The summed E-state index contributed by atoms with van der Waals surface area (Å²) in [6.07, 6.45) is -0.504. The minimum atomic E-state index is -0.886. The lowest BCUT2D eigenvalue weighted by molar-refractivity contribution is -0.123. The van der Waals surface area contributed by atoms with Gasteiger partial charge in [-0.1, -0.05) is 42.5 Å². The Morgan fingerprint density at radius 1 is 1.04 bits per heavy atom. The van der Waals surface area contributed by atoms with E-state index in [1.54, 1.807) is 12.1 Å². The number of carbonyl (C=O) groups is 2. The number of phenolic OH excluding ortho intramolecular Hbond substituents is 1. The highest BCUT2D eigenvalue weighted by atomic mass is 16.5. The smallest absolute Gasteiger partial charge is 0.408 e. The number of alkyl carbamates (subject to hydrolysis) is 1. The zero-order valence-corrected chi connectivity index (χ0v) is 12.9. The number of hydrazine groups is 1. The number of ether oxygens (including phenoxy) is 1. The average molecular weight is 329 g/mol. The lowest BCUT2D eigenvalue weighted by atomic mass is 10.1. The molecule has 0 heterocycles. The van der Waals surface area contributed by atoms with E-state index in [9.17, 15) is 14.7 Å². The van der Waals surface area contributed by atoms with Crippen LogP contribution < -0.4 is 16.6 Å². The number of nitrogens with two attached hydrogens (primary N) is 1. The molecule has 7 heteroatoms. The summed E-state index contributed by atoms with van der Waals surface area (Å²) in [4.78, 5) is 23.7. The first-order valence-corrected chi connectivity index (χ1v) is 7.34. The third-order valence-corrected chi connectivity index (χ3v) is 3.34. The summed E-state index contributed by atoms with van der Waals surface area (Å²) < 4.78 is 5.10. The van der Waals surface area contributed by atoms with Gasteiger partial charge in [-0.25, -0.2) is 10.6 Å². The van der Waals surface area contributed by atoms with Crippen LogP contribution in [-0.4, -0.2) is 23.1 Å². The highest BCUT2D eigenvalue weighted by molar-refractivity contribution is 5.85. The lowest BCUT2D eigenvalue weighted by Gasteiger charge is -2.17. The Bertz CT molecular complexity index is 674. The molecule has 24 heavy (non-hydrogen) atoms. The first-order valence-electron chi connectivity index (χ1n) is 7.34. The third kappa shape index (κ3) is 5.29. The third-order valence-electron chi connectivity index (χ3n) is 3.34. The van der Waals surface area contributed by atoms with Gasteiger partial charge in [0.25, 0.3) is 5.91 Å². The molecule has 0 fully saturated rings. The van der Waals surface area contributed by atoms with Crippen LogP contribution in [0.5, 0.6) is 5.75 Å². The number of aromatic hydroxyl groups is 1. The SMILES string of the molecule is NNC(=O)[C@@H](Cc1ccc(O)cc1)NC(=O)OCc1ccccc1. The van der Waals surface area contributed by atoms with Gasteiger partial charge in [0.2, 0.25) is 0 Å². The molecule has 7 nitrogen and oxygen atoms in total. The summed E-state index contributed by atoms with van der Waals surface area (Å²) in [5, 5.41) is 11.8. The molecule has 0 saturated heterocycles. The molecule has 126 valence electrons. The van der Waals surface area contributed by atoms with E-state index in [2.05, 4.69) is 5.32 Å². The normalized spacial score (nSPS) is 11.4. The Morgan fingerprint density at radius 2 is 1.71 bits per heavy atom. The van der Waals surface area contributed by atoms with Gasteiger partial charge in [0, 0.05) is 6.42 Å². The number of amides is 2. The Labute approximate surface area is 139 Å². The lowest BCUT2D eigenvalue weighted by Crippen LogP contribution is -2.50. The monoisotopic (exact) mass is 329 g/mol. The van der Waals surface area contributed by atoms with Crippen molar-refractivity contribution >= 4 is 12.0 Å². The van der Waals surface area contributed by atoms with Crippen molar-refractivity contribution in [2.24, 2.45) is 5.84 Å². The Kier molecular flexibility index (Phi) is 6.16. The van der Waals surface area contributed by atoms with Gasteiger partial charge in [-0.2, -0.15) is 0 Å². The van der Waals surface area contributed by atoms with Crippen molar-refractivity contribution in [2.45, 2.75) is 19.1 Å². The van der Waals surface area contributed by atoms with E-state index < -0.39 is 18.0 Å². The Balaban J connectivity index is 1.93. The van der Waals surface area contributed by atoms with Gasteiger partial charge in [-0.15, -0.1) is 0 Å². The van der Waals surface area contributed by atoms with Crippen LogP contribution in [0.25, 0.3) is 0 Å². The molecule has 0 spiro atoms. The molecule has 0 aromatic heterocycles. The first kappa shape index (κ1) is 17.3. The van der Waals surface area contributed by atoms with Crippen LogP contribution in [0.4, 0.5) is 4.79 Å². The molecule has 0 saturated carbocycles. The minimum absolute atomic E-state index is 0.100. The fraction of sp³-hybridized carbons (Fsp3) is 0.176. The highest BCUT2D eigenvalue weighted by Gasteiger charge is 2.21. The fourth-order valence-electron chi connectivity index (χ4n) is 2.08. The number of benzene rings is 2. The Hall–Kier alpha value is -3.06. The zero-order chi connectivity index (χ0) is 17.4. The number of hydrogen-bond donors (Lipinski definition) is 4. The standard InChI is InChI=1S/C17H19N3O4/c18-20-16(22)15(10-12-6-8-14(21)9-7-12)19-17(23)24-11-13-4-2-1-3-5-13/h1-9,15,21H,10-11,18H2,(H,19,23)(H,20,22)/t15-/m1/s1. The second-order valence-corrected chi connectivity index (χ2v) is 5.14. The van der Waals surface area contributed by atoms with Crippen LogP contribution in [0.2, 0.25) is 0 Å². The van der Waals surface area contributed by atoms with Crippen molar-refractivity contribution in [3.63, 3.8) is 0 Å². The molecular formula is C17H19N3O4. The topological polar surface area (TPSA) is 114 Å². The number of rotatable bonds is 6. The second kappa shape index (κ2) is 8.54. The molecule has 0 aliphatic heterocycles. The van der Waals surface area contributed by atoms with Gasteiger partial charge in [0.15, 0.2) is 0 Å². The van der Waals surface area contributed by atoms with Crippen LogP contribution in [-0.2, 0) is 22.6 Å².